The van der Waals surface area contributed by atoms with Gasteiger partial charge in [-0.3, -0.25) is 14.7 Å². The van der Waals surface area contributed by atoms with Crippen LogP contribution in [0.5, 0.6) is 0 Å². The van der Waals surface area contributed by atoms with Gasteiger partial charge in [-0.05, 0) is 57.0 Å². The number of likely N-dealkylation sites (tertiary alicyclic amines) is 1. The number of hydrogen-bond donors (Lipinski definition) is 0. The standard InChI is InChI=1S/C22H28FN3O/c1-3-25(4-2)22(27)16-26-14-8-13-21(26)20-12-7-10-18(24-20)15-17-9-5-6-11-19(17)23/h5-7,9-12,21H,3-4,8,13-16H2,1-2H3/t21-/m1/s1. The Labute approximate surface area is 161 Å². The van der Waals surface area contributed by atoms with E-state index in [1.165, 1.54) is 6.07 Å². The molecule has 0 aliphatic carbocycles. The predicted molar refractivity (Wildman–Crippen MR) is 105 cm³/mol. The smallest absolute Gasteiger partial charge is 0.236 e. The topological polar surface area (TPSA) is 36.4 Å². The minimum absolute atomic E-state index is 0.157. The zero-order chi connectivity index (χ0) is 19.2. The molecule has 2 aromatic rings. The van der Waals surface area contributed by atoms with E-state index in [9.17, 15) is 9.18 Å². The molecule has 0 unspecified atom stereocenters. The molecular formula is C22H28FN3O. The number of pyridine rings is 1. The van der Waals surface area contributed by atoms with E-state index in [4.69, 9.17) is 4.98 Å². The van der Waals surface area contributed by atoms with Crippen LogP contribution < -0.4 is 0 Å². The van der Waals surface area contributed by atoms with Crippen molar-refractivity contribution in [3.05, 3.63) is 65.2 Å². The number of nitrogens with zero attached hydrogens (tertiary/aromatic N) is 3. The van der Waals surface area contributed by atoms with Gasteiger partial charge in [0.1, 0.15) is 5.82 Å². The van der Waals surface area contributed by atoms with E-state index >= 15 is 0 Å². The molecule has 2 heterocycles. The summed E-state index contributed by atoms with van der Waals surface area (Å²) in [6.07, 6.45) is 2.54. The first kappa shape index (κ1) is 19.5. The number of carbonyl (C=O) groups excluding carboxylic acids is 1. The van der Waals surface area contributed by atoms with Crippen LogP contribution in [-0.4, -0.2) is 46.9 Å². The van der Waals surface area contributed by atoms with Crippen LogP contribution in [0.1, 0.15) is 49.7 Å². The van der Waals surface area contributed by atoms with Crippen LogP contribution in [0.15, 0.2) is 42.5 Å². The van der Waals surface area contributed by atoms with Crippen molar-refractivity contribution in [1.82, 2.24) is 14.8 Å². The second-order valence-corrected chi connectivity index (χ2v) is 7.02. The molecule has 1 saturated heterocycles. The average molecular weight is 369 g/mol. The Bertz CT molecular complexity index is 776. The highest BCUT2D eigenvalue weighted by atomic mass is 19.1. The normalized spacial score (nSPS) is 17.2. The Morgan fingerprint density at radius 1 is 1.19 bits per heavy atom. The number of hydrogen-bond acceptors (Lipinski definition) is 3. The summed E-state index contributed by atoms with van der Waals surface area (Å²) in [4.78, 5) is 21.4. The molecule has 1 amide bonds. The molecule has 0 saturated carbocycles. The van der Waals surface area contributed by atoms with Gasteiger partial charge >= 0.3 is 0 Å². The van der Waals surface area contributed by atoms with E-state index in [1.54, 1.807) is 12.1 Å². The van der Waals surface area contributed by atoms with E-state index in [1.807, 2.05) is 43.0 Å². The quantitative estimate of drug-likeness (QED) is 0.744. The molecule has 1 aliphatic heterocycles. The van der Waals surface area contributed by atoms with Gasteiger partial charge in [0.15, 0.2) is 0 Å². The zero-order valence-electron chi connectivity index (χ0n) is 16.2. The fraction of sp³-hybridized carbons (Fsp3) is 0.455. The number of rotatable bonds is 7. The lowest BCUT2D eigenvalue weighted by molar-refractivity contribution is -0.132. The van der Waals surface area contributed by atoms with Gasteiger partial charge in [0, 0.05) is 25.2 Å². The average Bonchev–Trinajstić information content (AvgIpc) is 3.13. The lowest BCUT2D eigenvalue weighted by Gasteiger charge is -2.27. The van der Waals surface area contributed by atoms with Gasteiger partial charge in [-0.2, -0.15) is 0 Å². The summed E-state index contributed by atoms with van der Waals surface area (Å²) in [6, 6.07) is 12.9. The molecule has 1 atom stereocenters. The van der Waals surface area contributed by atoms with E-state index in [0.717, 1.165) is 43.9 Å². The maximum Gasteiger partial charge on any atom is 0.236 e. The van der Waals surface area contributed by atoms with Crippen LogP contribution in [-0.2, 0) is 11.2 Å². The number of likely N-dealkylation sites (N-methyl/N-ethyl adjacent to an activating group) is 1. The molecule has 27 heavy (non-hydrogen) atoms. The van der Waals surface area contributed by atoms with Crippen LogP contribution in [0.3, 0.4) is 0 Å². The highest BCUT2D eigenvalue weighted by molar-refractivity contribution is 5.78. The van der Waals surface area contributed by atoms with Crippen molar-refractivity contribution in [2.24, 2.45) is 0 Å². The highest BCUT2D eigenvalue weighted by Gasteiger charge is 2.29. The van der Waals surface area contributed by atoms with Crippen molar-refractivity contribution < 1.29 is 9.18 Å². The van der Waals surface area contributed by atoms with Gasteiger partial charge in [0.05, 0.1) is 18.3 Å². The first-order chi connectivity index (χ1) is 13.1. The second-order valence-electron chi connectivity index (χ2n) is 7.02. The van der Waals surface area contributed by atoms with Crippen molar-refractivity contribution in [2.75, 3.05) is 26.2 Å². The van der Waals surface area contributed by atoms with Gasteiger partial charge in [0.25, 0.3) is 0 Å². The van der Waals surface area contributed by atoms with Crippen molar-refractivity contribution in [3.63, 3.8) is 0 Å². The zero-order valence-corrected chi connectivity index (χ0v) is 16.2. The largest absolute Gasteiger partial charge is 0.342 e. The fourth-order valence-electron chi connectivity index (χ4n) is 3.82. The van der Waals surface area contributed by atoms with Crippen LogP contribution in [0, 0.1) is 5.82 Å². The van der Waals surface area contributed by atoms with Crippen molar-refractivity contribution in [3.8, 4) is 0 Å². The number of amides is 1. The van der Waals surface area contributed by atoms with E-state index in [2.05, 4.69) is 4.90 Å². The van der Waals surface area contributed by atoms with Gasteiger partial charge in [0.2, 0.25) is 5.91 Å². The number of aromatic nitrogens is 1. The lowest BCUT2D eigenvalue weighted by atomic mass is 10.1. The Hall–Kier alpha value is -2.27. The Morgan fingerprint density at radius 2 is 1.96 bits per heavy atom. The van der Waals surface area contributed by atoms with Crippen molar-refractivity contribution in [2.45, 2.75) is 39.2 Å². The summed E-state index contributed by atoms with van der Waals surface area (Å²) in [5, 5.41) is 0. The third-order valence-electron chi connectivity index (χ3n) is 5.32. The Morgan fingerprint density at radius 3 is 2.70 bits per heavy atom. The van der Waals surface area contributed by atoms with Crippen molar-refractivity contribution >= 4 is 5.91 Å². The minimum Gasteiger partial charge on any atom is -0.342 e. The molecule has 0 spiro atoms. The summed E-state index contributed by atoms with van der Waals surface area (Å²) in [5.41, 5.74) is 2.50. The van der Waals surface area contributed by atoms with Crippen LogP contribution >= 0.6 is 0 Å². The molecule has 1 aromatic carbocycles. The summed E-state index contributed by atoms with van der Waals surface area (Å²) >= 11 is 0. The van der Waals surface area contributed by atoms with Crippen LogP contribution in [0.4, 0.5) is 4.39 Å². The molecule has 1 fully saturated rings. The molecule has 0 N–H and O–H groups in total. The summed E-state index contributed by atoms with van der Waals surface area (Å²) in [6.45, 7) is 6.85. The molecule has 5 heteroatoms. The molecule has 1 aromatic heterocycles. The van der Waals surface area contributed by atoms with Crippen molar-refractivity contribution in [1.29, 1.82) is 0 Å². The number of carbonyl (C=O) groups is 1. The van der Waals surface area contributed by atoms with E-state index in [0.29, 0.717) is 18.5 Å². The third kappa shape index (κ3) is 4.72. The molecule has 4 nitrogen and oxygen atoms in total. The lowest BCUT2D eigenvalue weighted by Crippen LogP contribution is -2.40. The Kier molecular flexibility index (Phi) is 6.56. The number of benzene rings is 1. The summed E-state index contributed by atoms with van der Waals surface area (Å²) < 4.78 is 13.9. The van der Waals surface area contributed by atoms with Gasteiger partial charge in [-0.15, -0.1) is 0 Å². The molecule has 3 rings (SSSR count). The third-order valence-corrected chi connectivity index (χ3v) is 5.32. The first-order valence-electron chi connectivity index (χ1n) is 9.83. The van der Waals surface area contributed by atoms with Gasteiger partial charge in [-0.1, -0.05) is 24.3 Å². The number of halogens is 1. The SMILES string of the molecule is CCN(CC)C(=O)CN1CCC[C@@H]1c1cccc(Cc2ccccc2F)n1. The maximum atomic E-state index is 13.9. The summed E-state index contributed by atoms with van der Waals surface area (Å²) in [7, 11) is 0. The Balaban J connectivity index is 1.73. The van der Waals surface area contributed by atoms with E-state index in [-0.39, 0.29) is 17.8 Å². The van der Waals surface area contributed by atoms with E-state index < -0.39 is 0 Å². The molecule has 1 aliphatic rings. The van der Waals surface area contributed by atoms with Crippen LogP contribution in [0.2, 0.25) is 0 Å². The molecular weight excluding hydrogens is 341 g/mol. The summed E-state index contributed by atoms with van der Waals surface area (Å²) in [5.74, 6) is -0.0218. The highest BCUT2D eigenvalue weighted by Crippen LogP contribution is 2.31. The maximum absolute atomic E-state index is 13.9. The molecule has 0 bridgehead atoms. The molecule has 0 radical (unpaired) electrons. The predicted octanol–water partition coefficient (Wildman–Crippen LogP) is 3.82. The second kappa shape index (κ2) is 9.09. The van der Waals surface area contributed by atoms with Gasteiger partial charge in [-0.25, -0.2) is 4.39 Å². The minimum atomic E-state index is -0.197. The van der Waals surface area contributed by atoms with Crippen LogP contribution in [0.25, 0.3) is 0 Å². The molecule has 144 valence electrons. The monoisotopic (exact) mass is 369 g/mol. The fourth-order valence-corrected chi connectivity index (χ4v) is 3.82. The van der Waals surface area contributed by atoms with Gasteiger partial charge < -0.3 is 4.90 Å². The first-order valence-corrected chi connectivity index (χ1v) is 9.83.